The smallest absolute Gasteiger partial charge is 0.491 e. The number of rotatable bonds is 3. The Labute approximate surface area is 153 Å². The van der Waals surface area contributed by atoms with E-state index in [1.807, 2.05) is 11.8 Å². The summed E-state index contributed by atoms with van der Waals surface area (Å²) >= 11 is 0. The average molecular weight is 382 g/mol. The van der Waals surface area contributed by atoms with Gasteiger partial charge in [-0.25, -0.2) is 5.48 Å². The number of nitrogens with one attached hydrogen (secondary N) is 1. The molecule has 2 aromatic carbocycles. The second-order valence-electron chi connectivity index (χ2n) is 6.09. The van der Waals surface area contributed by atoms with Gasteiger partial charge in [-0.15, -0.1) is 13.2 Å². The van der Waals surface area contributed by atoms with Gasteiger partial charge in [-0.05, 0) is 43.3 Å². The van der Waals surface area contributed by atoms with Gasteiger partial charge in [0, 0.05) is 23.4 Å². The Morgan fingerprint density at radius 3 is 2.59 bits per heavy atom. The molecule has 0 saturated heterocycles. The second-order valence-corrected chi connectivity index (χ2v) is 6.09. The van der Waals surface area contributed by atoms with Crippen molar-refractivity contribution in [3.63, 3.8) is 0 Å². The zero-order valence-corrected chi connectivity index (χ0v) is 14.3. The molecule has 1 atom stereocenters. The number of anilines is 1. The third-order valence-corrected chi connectivity index (χ3v) is 4.19. The van der Waals surface area contributed by atoms with E-state index < -0.39 is 12.3 Å². The minimum absolute atomic E-state index is 0.0677. The first-order chi connectivity index (χ1) is 12.8. The fourth-order valence-corrected chi connectivity index (χ4v) is 2.85. The minimum atomic E-state index is -4.73. The van der Waals surface area contributed by atoms with Crippen LogP contribution in [0.25, 0.3) is 0 Å². The monoisotopic (exact) mass is 382 g/mol. The van der Waals surface area contributed by atoms with Crippen LogP contribution in [0.2, 0.25) is 0 Å². The quantitative estimate of drug-likeness (QED) is 0.628. The molecule has 27 heavy (non-hydrogen) atoms. The van der Waals surface area contributed by atoms with Crippen LogP contribution in [0.15, 0.2) is 42.5 Å². The molecule has 144 valence electrons. The topological polar surface area (TPSA) is 71.0 Å². The molecule has 1 unspecified atom stereocenters. The number of hydrogen-bond acceptors (Lipinski definition) is 5. The largest absolute Gasteiger partial charge is 0.573 e. The standard InChI is InChI=1S/C18H17F3N2O4/c1-11-10-26-16-8-12(17(24)22-25)2-3-13(16)9-23(11)14-4-6-15(7-5-14)27-18(19,20)21/h2-8,11,25H,9-10H2,1H3,(H,22,24). The maximum absolute atomic E-state index is 12.3. The Balaban J connectivity index is 1.83. The maximum atomic E-state index is 12.3. The molecule has 0 spiro atoms. The highest BCUT2D eigenvalue weighted by molar-refractivity contribution is 5.93. The molecule has 1 aliphatic rings. The minimum Gasteiger partial charge on any atom is -0.491 e. The Bertz CT molecular complexity index is 824. The lowest BCUT2D eigenvalue weighted by atomic mass is 10.1. The summed E-state index contributed by atoms with van der Waals surface area (Å²) in [4.78, 5) is 13.5. The molecule has 0 fully saturated rings. The number of hydrogen-bond donors (Lipinski definition) is 2. The van der Waals surface area contributed by atoms with Crippen LogP contribution < -0.4 is 19.9 Å². The fourth-order valence-electron chi connectivity index (χ4n) is 2.85. The Kier molecular flexibility index (Phi) is 5.13. The van der Waals surface area contributed by atoms with Gasteiger partial charge in [-0.2, -0.15) is 0 Å². The molecule has 9 heteroatoms. The number of nitrogens with zero attached hydrogens (tertiary/aromatic N) is 1. The van der Waals surface area contributed by atoms with Crippen LogP contribution in [0.5, 0.6) is 11.5 Å². The van der Waals surface area contributed by atoms with Gasteiger partial charge in [0.2, 0.25) is 0 Å². The highest BCUT2D eigenvalue weighted by atomic mass is 19.4. The van der Waals surface area contributed by atoms with E-state index in [2.05, 4.69) is 4.74 Å². The zero-order chi connectivity index (χ0) is 19.6. The summed E-state index contributed by atoms with van der Waals surface area (Å²) in [6.07, 6.45) is -4.73. The van der Waals surface area contributed by atoms with Crippen LogP contribution in [0.3, 0.4) is 0 Å². The van der Waals surface area contributed by atoms with Crippen molar-refractivity contribution in [3.8, 4) is 11.5 Å². The van der Waals surface area contributed by atoms with Crippen LogP contribution in [0.4, 0.5) is 18.9 Å². The molecule has 0 bridgehead atoms. The number of benzene rings is 2. The fraction of sp³-hybridized carbons (Fsp3) is 0.278. The van der Waals surface area contributed by atoms with Gasteiger partial charge in [-0.1, -0.05) is 6.07 Å². The van der Waals surface area contributed by atoms with E-state index in [-0.39, 0.29) is 17.4 Å². The Hall–Kier alpha value is -2.94. The normalized spacial score (nSPS) is 16.8. The van der Waals surface area contributed by atoms with Crippen molar-refractivity contribution in [1.82, 2.24) is 5.48 Å². The molecule has 2 aromatic rings. The van der Waals surface area contributed by atoms with E-state index >= 15 is 0 Å². The molecule has 2 N–H and O–H groups in total. The van der Waals surface area contributed by atoms with Crippen molar-refractivity contribution in [2.45, 2.75) is 25.9 Å². The number of fused-ring (bicyclic) bond motifs is 1. The first-order valence-corrected chi connectivity index (χ1v) is 8.09. The summed E-state index contributed by atoms with van der Waals surface area (Å²) in [7, 11) is 0. The lowest BCUT2D eigenvalue weighted by molar-refractivity contribution is -0.274. The summed E-state index contributed by atoms with van der Waals surface area (Å²) in [5.41, 5.74) is 3.35. The van der Waals surface area contributed by atoms with Crippen LogP contribution >= 0.6 is 0 Å². The Morgan fingerprint density at radius 2 is 1.96 bits per heavy atom. The van der Waals surface area contributed by atoms with Gasteiger partial charge in [-0.3, -0.25) is 10.0 Å². The van der Waals surface area contributed by atoms with Crippen molar-refractivity contribution >= 4 is 11.6 Å². The third kappa shape index (κ3) is 4.43. The van der Waals surface area contributed by atoms with Gasteiger partial charge in [0.1, 0.15) is 18.1 Å². The number of carbonyl (C=O) groups excluding carboxylic acids is 1. The molecule has 0 saturated carbocycles. The lowest BCUT2D eigenvalue weighted by Crippen LogP contribution is -2.34. The Morgan fingerprint density at radius 1 is 1.26 bits per heavy atom. The number of hydroxylamine groups is 1. The van der Waals surface area contributed by atoms with E-state index in [1.54, 1.807) is 29.7 Å². The maximum Gasteiger partial charge on any atom is 0.573 e. The number of carbonyl (C=O) groups is 1. The summed E-state index contributed by atoms with van der Waals surface area (Å²) in [6.45, 7) is 2.68. The van der Waals surface area contributed by atoms with E-state index in [4.69, 9.17) is 9.94 Å². The van der Waals surface area contributed by atoms with Crippen molar-refractivity contribution in [3.05, 3.63) is 53.6 Å². The molecule has 0 radical (unpaired) electrons. The lowest BCUT2D eigenvalue weighted by Gasteiger charge is -2.28. The molecule has 0 aliphatic carbocycles. The van der Waals surface area contributed by atoms with Gasteiger partial charge in [0.15, 0.2) is 0 Å². The second kappa shape index (κ2) is 7.36. The summed E-state index contributed by atoms with van der Waals surface area (Å²) in [5, 5.41) is 8.74. The first kappa shape index (κ1) is 18.8. The molecular weight excluding hydrogens is 365 g/mol. The molecular formula is C18H17F3N2O4. The van der Waals surface area contributed by atoms with Gasteiger partial charge >= 0.3 is 6.36 Å². The first-order valence-electron chi connectivity index (χ1n) is 8.09. The number of halogens is 3. The van der Waals surface area contributed by atoms with Crippen LogP contribution in [-0.2, 0) is 6.54 Å². The number of amides is 1. The third-order valence-electron chi connectivity index (χ3n) is 4.19. The molecule has 6 nitrogen and oxygen atoms in total. The molecule has 1 heterocycles. The van der Waals surface area contributed by atoms with Crippen molar-refractivity contribution < 1.29 is 32.6 Å². The zero-order valence-electron chi connectivity index (χ0n) is 14.3. The molecule has 1 amide bonds. The van der Waals surface area contributed by atoms with E-state index in [0.29, 0.717) is 24.6 Å². The van der Waals surface area contributed by atoms with E-state index in [1.165, 1.54) is 18.2 Å². The summed E-state index contributed by atoms with van der Waals surface area (Å²) in [5.74, 6) is -0.414. The highest BCUT2D eigenvalue weighted by Crippen LogP contribution is 2.31. The van der Waals surface area contributed by atoms with Gasteiger partial charge < -0.3 is 14.4 Å². The molecule has 0 aromatic heterocycles. The van der Waals surface area contributed by atoms with E-state index in [9.17, 15) is 18.0 Å². The van der Waals surface area contributed by atoms with Crippen molar-refractivity contribution in [2.24, 2.45) is 0 Å². The predicted molar refractivity (Wildman–Crippen MR) is 90.0 cm³/mol. The predicted octanol–water partition coefficient (Wildman–Crippen LogP) is 3.49. The molecule has 3 rings (SSSR count). The number of alkyl halides is 3. The van der Waals surface area contributed by atoms with Crippen molar-refractivity contribution in [1.29, 1.82) is 0 Å². The van der Waals surface area contributed by atoms with Crippen molar-refractivity contribution in [2.75, 3.05) is 11.5 Å². The van der Waals surface area contributed by atoms with Gasteiger partial charge in [0.05, 0.1) is 6.04 Å². The summed E-state index contributed by atoms with van der Waals surface area (Å²) < 4.78 is 46.6. The SMILES string of the molecule is CC1COc2cc(C(=O)NO)ccc2CN1c1ccc(OC(F)(F)F)cc1. The average Bonchev–Trinajstić information content (AvgIpc) is 2.79. The molecule has 1 aliphatic heterocycles. The highest BCUT2D eigenvalue weighted by Gasteiger charge is 2.31. The van der Waals surface area contributed by atoms with Gasteiger partial charge in [0.25, 0.3) is 5.91 Å². The van der Waals surface area contributed by atoms with Crippen LogP contribution in [0, 0.1) is 0 Å². The van der Waals surface area contributed by atoms with Crippen LogP contribution in [-0.4, -0.2) is 30.1 Å². The van der Waals surface area contributed by atoms with Crippen LogP contribution in [0.1, 0.15) is 22.8 Å². The summed E-state index contributed by atoms with van der Waals surface area (Å²) in [6, 6.07) is 10.4. The number of ether oxygens (including phenoxy) is 2. The van der Waals surface area contributed by atoms with E-state index in [0.717, 1.165) is 5.56 Å².